The van der Waals surface area contributed by atoms with Crippen molar-refractivity contribution in [3.63, 3.8) is 0 Å². The highest BCUT2D eigenvalue weighted by Crippen LogP contribution is 2.49. The van der Waals surface area contributed by atoms with Crippen molar-refractivity contribution in [1.29, 1.82) is 0 Å². The Bertz CT molecular complexity index is 344. The van der Waals surface area contributed by atoms with Crippen LogP contribution >= 0.6 is 0 Å². The largest absolute Gasteiger partial charge is 0.383 e. The van der Waals surface area contributed by atoms with Gasteiger partial charge in [-0.05, 0) is 24.7 Å². The van der Waals surface area contributed by atoms with Crippen LogP contribution in [0, 0.1) is 5.41 Å². The first-order valence-corrected chi connectivity index (χ1v) is 6.48. The second-order valence-corrected chi connectivity index (χ2v) is 5.06. The molecule has 1 aromatic rings. The van der Waals surface area contributed by atoms with Crippen molar-refractivity contribution in [2.45, 2.75) is 39.3 Å². The summed E-state index contributed by atoms with van der Waals surface area (Å²) < 4.78 is 7.23. The fourth-order valence-electron chi connectivity index (χ4n) is 2.16. The van der Waals surface area contributed by atoms with E-state index in [2.05, 4.69) is 28.0 Å². The molecule has 0 amide bonds. The van der Waals surface area contributed by atoms with Crippen molar-refractivity contribution in [3.8, 4) is 0 Å². The Balaban J connectivity index is 1.76. The molecule has 1 saturated carbocycles. The molecule has 2 rings (SSSR count). The zero-order valence-corrected chi connectivity index (χ0v) is 10.9. The first kappa shape index (κ1) is 12.6. The highest BCUT2D eigenvalue weighted by Gasteiger charge is 2.40. The lowest BCUT2D eigenvalue weighted by molar-refractivity contribution is 0.199. The Morgan fingerprint density at radius 3 is 3.00 bits per heavy atom. The van der Waals surface area contributed by atoms with E-state index >= 15 is 0 Å². The van der Waals surface area contributed by atoms with Crippen molar-refractivity contribution in [2.75, 3.05) is 20.3 Å². The van der Waals surface area contributed by atoms with Crippen LogP contribution in [0.2, 0.25) is 0 Å². The van der Waals surface area contributed by atoms with Gasteiger partial charge in [0, 0.05) is 32.9 Å². The molecular weight excluding hydrogens is 214 g/mol. The van der Waals surface area contributed by atoms with Crippen LogP contribution in [0.1, 0.15) is 31.9 Å². The molecule has 0 unspecified atom stereocenters. The van der Waals surface area contributed by atoms with Crippen LogP contribution < -0.4 is 5.32 Å². The number of nitrogens with zero attached hydrogens (tertiary/aromatic N) is 2. The van der Waals surface area contributed by atoms with E-state index in [1.54, 1.807) is 7.11 Å². The number of nitrogens with one attached hydrogen (secondary N) is 1. The summed E-state index contributed by atoms with van der Waals surface area (Å²) in [7, 11) is 1.72. The van der Waals surface area contributed by atoms with Gasteiger partial charge in [0.25, 0.3) is 0 Å². The predicted octanol–water partition coefficient (Wildman–Crippen LogP) is 1.81. The van der Waals surface area contributed by atoms with Crippen LogP contribution in [-0.4, -0.2) is 29.8 Å². The molecule has 1 aliphatic rings. The van der Waals surface area contributed by atoms with Gasteiger partial charge in [-0.25, -0.2) is 4.98 Å². The van der Waals surface area contributed by atoms with Crippen LogP contribution in [0.25, 0.3) is 0 Å². The number of aromatic nitrogens is 2. The number of hydrogen-bond acceptors (Lipinski definition) is 3. The molecule has 0 aromatic carbocycles. The minimum absolute atomic E-state index is 0.585. The van der Waals surface area contributed by atoms with Gasteiger partial charge in [-0.2, -0.15) is 0 Å². The van der Waals surface area contributed by atoms with Crippen LogP contribution in [0.5, 0.6) is 0 Å². The van der Waals surface area contributed by atoms with Gasteiger partial charge < -0.3 is 14.6 Å². The van der Waals surface area contributed by atoms with E-state index in [1.807, 2.05) is 6.33 Å². The molecule has 1 aliphatic carbocycles. The molecule has 0 aliphatic heterocycles. The van der Waals surface area contributed by atoms with Gasteiger partial charge in [0.05, 0.1) is 18.6 Å². The zero-order valence-electron chi connectivity index (χ0n) is 10.9. The summed E-state index contributed by atoms with van der Waals surface area (Å²) in [5.41, 5.74) is 1.70. The normalized spacial score (nSPS) is 17.3. The third-order valence-electron chi connectivity index (χ3n) is 3.70. The highest BCUT2D eigenvalue weighted by molar-refractivity contribution is 4.99. The summed E-state index contributed by atoms with van der Waals surface area (Å²) in [6.45, 7) is 5.88. The lowest BCUT2D eigenvalue weighted by atomic mass is 10.0. The predicted molar refractivity (Wildman–Crippen MR) is 67.8 cm³/mol. The molecule has 17 heavy (non-hydrogen) atoms. The summed E-state index contributed by atoms with van der Waals surface area (Å²) in [4.78, 5) is 4.42. The molecule has 4 heteroatoms. The number of ether oxygens (including phenoxy) is 1. The second kappa shape index (κ2) is 5.65. The number of rotatable bonds is 8. The Kier molecular flexibility index (Phi) is 4.18. The maximum atomic E-state index is 4.99. The molecule has 0 atom stereocenters. The van der Waals surface area contributed by atoms with Gasteiger partial charge >= 0.3 is 0 Å². The molecule has 1 fully saturated rings. The lowest BCUT2D eigenvalue weighted by Gasteiger charge is -2.12. The number of methoxy groups -OCH3 is 1. The van der Waals surface area contributed by atoms with Crippen LogP contribution in [0.15, 0.2) is 12.5 Å². The average molecular weight is 237 g/mol. The molecule has 1 N–H and O–H groups in total. The summed E-state index contributed by atoms with van der Waals surface area (Å²) in [6.07, 6.45) is 8.16. The third kappa shape index (κ3) is 3.54. The van der Waals surface area contributed by atoms with E-state index in [4.69, 9.17) is 4.74 Å². The molecular formula is C13H23N3O. The molecule has 0 radical (unpaired) electrons. The van der Waals surface area contributed by atoms with Crippen molar-refractivity contribution < 1.29 is 4.74 Å². The fourth-order valence-corrected chi connectivity index (χ4v) is 2.16. The Morgan fingerprint density at radius 2 is 2.35 bits per heavy atom. The van der Waals surface area contributed by atoms with E-state index in [0.29, 0.717) is 5.41 Å². The number of hydrogen-bond donors (Lipinski definition) is 1. The van der Waals surface area contributed by atoms with E-state index in [-0.39, 0.29) is 0 Å². The standard InChI is InChI=1S/C13H23N3O/c1-3-13(4-5-13)10-16-9-12(15-11-16)8-14-6-7-17-2/h9,11,14H,3-8,10H2,1-2H3. The molecule has 0 spiro atoms. The molecule has 0 bridgehead atoms. The van der Waals surface area contributed by atoms with Gasteiger partial charge in [0.15, 0.2) is 0 Å². The monoisotopic (exact) mass is 237 g/mol. The van der Waals surface area contributed by atoms with Crippen molar-refractivity contribution in [3.05, 3.63) is 18.2 Å². The van der Waals surface area contributed by atoms with Gasteiger partial charge in [0.2, 0.25) is 0 Å². The first-order chi connectivity index (χ1) is 8.28. The van der Waals surface area contributed by atoms with E-state index < -0.39 is 0 Å². The van der Waals surface area contributed by atoms with E-state index in [1.165, 1.54) is 19.3 Å². The van der Waals surface area contributed by atoms with Crippen LogP contribution in [0.3, 0.4) is 0 Å². The molecule has 0 saturated heterocycles. The molecule has 96 valence electrons. The molecule has 1 aromatic heterocycles. The Morgan fingerprint density at radius 1 is 1.53 bits per heavy atom. The van der Waals surface area contributed by atoms with Crippen molar-refractivity contribution in [2.24, 2.45) is 5.41 Å². The van der Waals surface area contributed by atoms with Gasteiger partial charge in [-0.15, -0.1) is 0 Å². The average Bonchev–Trinajstić information content (AvgIpc) is 2.97. The van der Waals surface area contributed by atoms with Crippen molar-refractivity contribution in [1.82, 2.24) is 14.9 Å². The summed E-state index contributed by atoms with van der Waals surface area (Å²) in [5, 5.41) is 3.31. The minimum Gasteiger partial charge on any atom is -0.383 e. The number of imidazole rings is 1. The minimum atomic E-state index is 0.585. The Hall–Kier alpha value is -0.870. The summed E-state index contributed by atoms with van der Waals surface area (Å²) in [6, 6.07) is 0. The van der Waals surface area contributed by atoms with Gasteiger partial charge in [0.1, 0.15) is 0 Å². The van der Waals surface area contributed by atoms with Crippen LogP contribution in [0.4, 0.5) is 0 Å². The second-order valence-electron chi connectivity index (χ2n) is 5.06. The maximum absolute atomic E-state index is 4.99. The molecule has 1 heterocycles. The van der Waals surface area contributed by atoms with Gasteiger partial charge in [-0.3, -0.25) is 0 Å². The van der Waals surface area contributed by atoms with E-state index in [9.17, 15) is 0 Å². The maximum Gasteiger partial charge on any atom is 0.0950 e. The van der Waals surface area contributed by atoms with E-state index in [0.717, 1.165) is 31.9 Å². The smallest absolute Gasteiger partial charge is 0.0950 e. The summed E-state index contributed by atoms with van der Waals surface area (Å²) >= 11 is 0. The summed E-state index contributed by atoms with van der Waals surface area (Å²) in [5.74, 6) is 0. The lowest BCUT2D eigenvalue weighted by Crippen LogP contribution is -2.18. The third-order valence-corrected chi connectivity index (χ3v) is 3.70. The Labute approximate surface area is 103 Å². The topological polar surface area (TPSA) is 39.1 Å². The van der Waals surface area contributed by atoms with Crippen molar-refractivity contribution >= 4 is 0 Å². The SMILES string of the molecule is CCC1(Cn2cnc(CNCCOC)c2)CC1. The fraction of sp³-hybridized carbons (Fsp3) is 0.769. The zero-order chi connectivity index (χ0) is 12.1. The molecule has 4 nitrogen and oxygen atoms in total. The van der Waals surface area contributed by atoms with Crippen LogP contribution in [-0.2, 0) is 17.8 Å². The first-order valence-electron chi connectivity index (χ1n) is 6.48. The quantitative estimate of drug-likeness (QED) is 0.701. The van der Waals surface area contributed by atoms with Gasteiger partial charge in [-0.1, -0.05) is 6.92 Å². The highest BCUT2D eigenvalue weighted by atomic mass is 16.5.